The van der Waals surface area contributed by atoms with E-state index in [0.29, 0.717) is 12.8 Å². The van der Waals surface area contributed by atoms with Crippen molar-refractivity contribution < 1.29 is 49.3 Å². The van der Waals surface area contributed by atoms with Gasteiger partial charge in [0.2, 0.25) is 5.91 Å². The molecule has 0 radical (unpaired) electrons. The van der Waals surface area contributed by atoms with Crippen LogP contribution < -0.4 is 5.32 Å². The van der Waals surface area contributed by atoms with Crippen molar-refractivity contribution in [3.05, 3.63) is 122 Å². The molecule has 11 nitrogen and oxygen atoms in total. The van der Waals surface area contributed by atoms with Gasteiger partial charge in [0.15, 0.2) is 12.4 Å². The van der Waals surface area contributed by atoms with E-state index in [1.54, 1.807) is 6.08 Å². The molecule has 0 saturated carbocycles. The lowest BCUT2D eigenvalue weighted by Gasteiger charge is -2.41. The van der Waals surface area contributed by atoms with Crippen molar-refractivity contribution >= 4 is 11.9 Å². The van der Waals surface area contributed by atoms with E-state index in [2.05, 4.69) is 86.8 Å². The third-order valence-corrected chi connectivity index (χ3v) is 13.7. The minimum Gasteiger partial charge on any atom is -0.454 e. The maximum Gasteiger partial charge on any atom is 0.306 e. The summed E-state index contributed by atoms with van der Waals surface area (Å²) < 4.78 is 17.5. The number of carbonyl (C=O) groups excluding carboxylic acids is 2. The Bertz CT molecular complexity index is 1730. The first kappa shape index (κ1) is 72.1. The first-order valence-corrected chi connectivity index (χ1v) is 30.9. The molecule has 1 aliphatic rings. The normalized spacial score (nSPS) is 19.8. The molecule has 0 aromatic carbocycles. The largest absolute Gasteiger partial charge is 0.454 e. The zero-order valence-corrected chi connectivity index (χ0v) is 49.0. The highest BCUT2D eigenvalue weighted by atomic mass is 16.7. The van der Waals surface area contributed by atoms with Gasteiger partial charge in [0.25, 0.3) is 0 Å². The smallest absolute Gasteiger partial charge is 0.306 e. The Morgan fingerprint density at radius 3 is 1.53 bits per heavy atom. The summed E-state index contributed by atoms with van der Waals surface area (Å²) in [4.78, 5) is 26.5. The summed E-state index contributed by atoms with van der Waals surface area (Å²) in [5, 5.41) is 56.9. The second-order valence-electron chi connectivity index (χ2n) is 20.8. The van der Waals surface area contributed by atoms with Crippen molar-refractivity contribution in [3.8, 4) is 0 Å². The Hall–Kier alpha value is -3.94. The molecular formula is C67H111NO10. The fourth-order valence-corrected chi connectivity index (χ4v) is 8.83. The van der Waals surface area contributed by atoms with Crippen LogP contribution in [0.25, 0.3) is 0 Å². The number of aliphatic hydroxyl groups excluding tert-OH is 5. The van der Waals surface area contributed by atoms with E-state index in [1.165, 1.54) is 70.6 Å². The Kier molecular flexibility index (Phi) is 49.6. The van der Waals surface area contributed by atoms with Crippen molar-refractivity contribution in [1.29, 1.82) is 0 Å². The zero-order chi connectivity index (χ0) is 56.8. The average Bonchev–Trinajstić information content (AvgIpc) is 3.45. The number of ether oxygens (including phenoxy) is 3. The molecule has 1 aliphatic heterocycles. The average molecular weight is 1090 g/mol. The van der Waals surface area contributed by atoms with Crippen molar-refractivity contribution in [2.24, 2.45) is 0 Å². The van der Waals surface area contributed by atoms with E-state index in [1.807, 2.05) is 54.7 Å². The molecule has 1 fully saturated rings. The Labute approximate surface area is 474 Å². The van der Waals surface area contributed by atoms with Gasteiger partial charge in [0.1, 0.15) is 24.4 Å². The molecule has 444 valence electrons. The molecule has 1 heterocycles. The van der Waals surface area contributed by atoms with E-state index >= 15 is 0 Å². The van der Waals surface area contributed by atoms with Gasteiger partial charge in [-0.05, 0) is 89.9 Å². The molecule has 8 unspecified atom stereocenters. The van der Waals surface area contributed by atoms with Crippen LogP contribution in [-0.4, -0.2) is 99.6 Å². The molecular weight excluding hydrogens is 979 g/mol. The number of aliphatic hydroxyl groups is 5. The summed E-state index contributed by atoms with van der Waals surface area (Å²) in [5.41, 5.74) is 0. The van der Waals surface area contributed by atoms with E-state index in [-0.39, 0.29) is 19.4 Å². The molecule has 0 spiro atoms. The maximum atomic E-state index is 13.4. The molecule has 1 saturated heterocycles. The minimum absolute atomic E-state index is 0.0662. The van der Waals surface area contributed by atoms with Crippen LogP contribution in [0, 0.1) is 0 Å². The first-order valence-electron chi connectivity index (χ1n) is 30.9. The molecule has 11 heteroatoms. The third kappa shape index (κ3) is 41.1. The molecule has 1 amide bonds. The monoisotopic (exact) mass is 1090 g/mol. The Balaban J connectivity index is 2.71. The van der Waals surface area contributed by atoms with Crippen LogP contribution in [0.4, 0.5) is 0 Å². The molecule has 6 N–H and O–H groups in total. The quantitative estimate of drug-likeness (QED) is 0.0149. The maximum absolute atomic E-state index is 13.4. The van der Waals surface area contributed by atoms with Crippen LogP contribution >= 0.6 is 0 Å². The summed E-state index contributed by atoms with van der Waals surface area (Å²) in [6, 6.07) is -1.05. The number of esters is 1. The molecule has 0 aromatic rings. The summed E-state index contributed by atoms with van der Waals surface area (Å²) in [6.45, 7) is 5.57. The van der Waals surface area contributed by atoms with Crippen molar-refractivity contribution in [2.45, 2.75) is 275 Å². The molecule has 0 bridgehead atoms. The predicted octanol–water partition coefficient (Wildman–Crippen LogP) is 14.7. The lowest BCUT2D eigenvalue weighted by Crippen LogP contribution is -2.61. The minimum atomic E-state index is -1.64. The summed E-state index contributed by atoms with van der Waals surface area (Å²) in [6.07, 6.45) is 63.7. The fraction of sp³-hybridized carbons (Fsp3) is 0.672. The van der Waals surface area contributed by atoms with Crippen molar-refractivity contribution in [1.82, 2.24) is 5.32 Å². The van der Waals surface area contributed by atoms with E-state index in [0.717, 1.165) is 109 Å². The van der Waals surface area contributed by atoms with Crippen molar-refractivity contribution in [2.75, 3.05) is 13.2 Å². The molecule has 78 heavy (non-hydrogen) atoms. The number of allylic oxidation sites excluding steroid dienone is 19. The van der Waals surface area contributed by atoms with Gasteiger partial charge in [-0.3, -0.25) is 9.59 Å². The van der Waals surface area contributed by atoms with E-state index < -0.39 is 67.4 Å². The SMILES string of the molecule is CC/C=C/C=C/C=C\C=C/C=C/CCCCCC(=O)OC1C(OCC(NC(=O)C(O)CCCCCCCC/C=C\C/C=C\C/C=C\C/C=C\CCCCC)C(O)/C=C/CCCCCCCCCCCC)OC(CO)C(O)C1O. The standard InChI is InChI=1S/C67H111NO10/c1-4-7-10-13-16-19-22-25-27-28-29-30-31-32-33-35-36-39-42-45-48-51-54-60(71)66(75)68-58(59(70)53-50-47-44-41-38-24-21-18-15-12-9-6-3)57-76-67-65(64(74)63(73)61(56-69)77-67)78-62(72)55-52-49-46-43-40-37-34-26-23-20-17-14-11-8-5-2/h8,11,14,16-17,19-20,23,25-27,29-30,32-34,37,40,50,53,58-61,63-65,67,69-71,73-74H,4-7,9-10,12-13,15,18,21-22,24,28,31,35-36,38-39,41-49,51-52,54-57H2,1-3H3,(H,68,75)/b11-8+,17-14+,19-16-,23-20-,27-25-,30-29-,33-32-,34-26-,40-37+,53-50+. The highest BCUT2D eigenvalue weighted by molar-refractivity contribution is 5.80. The van der Waals surface area contributed by atoms with Crippen LogP contribution in [0.3, 0.4) is 0 Å². The van der Waals surface area contributed by atoms with Gasteiger partial charge in [0, 0.05) is 6.42 Å². The van der Waals surface area contributed by atoms with Crippen LogP contribution in [-0.2, 0) is 23.8 Å². The van der Waals surface area contributed by atoms with Gasteiger partial charge in [0.05, 0.1) is 25.4 Å². The topological polar surface area (TPSA) is 175 Å². The van der Waals surface area contributed by atoms with E-state index in [4.69, 9.17) is 14.2 Å². The van der Waals surface area contributed by atoms with Crippen molar-refractivity contribution in [3.63, 3.8) is 0 Å². The summed E-state index contributed by atoms with van der Waals surface area (Å²) in [5.74, 6) is -1.26. The van der Waals surface area contributed by atoms with Crippen LogP contribution in [0.1, 0.15) is 226 Å². The lowest BCUT2D eigenvalue weighted by atomic mass is 9.99. The second kappa shape index (κ2) is 53.7. The van der Waals surface area contributed by atoms with Gasteiger partial charge in [-0.25, -0.2) is 0 Å². The van der Waals surface area contributed by atoms with Crippen LogP contribution in [0.5, 0.6) is 0 Å². The molecule has 0 aliphatic carbocycles. The van der Waals surface area contributed by atoms with Gasteiger partial charge in [-0.15, -0.1) is 0 Å². The Morgan fingerprint density at radius 1 is 0.526 bits per heavy atom. The van der Waals surface area contributed by atoms with Gasteiger partial charge in [-0.2, -0.15) is 0 Å². The van der Waals surface area contributed by atoms with E-state index in [9.17, 15) is 35.1 Å². The van der Waals surface area contributed by atoms with Crippen LogP contribution in [0.2, 0.25) is 0 Å². The molecule has 1 rings (SSSR count). The first-order chi connectivity index (χ1) is 38.2. The van der Waals surface area contributed by atoms with Gasteiger partial charge >= 0.3 is 5.97 Å². The summed E-state index contributed by atoms with van der Waals surface area (Å²) >= 11 is 0. The number of unbranched alkanes of at least 4 members (excludes halogenated alkanes) is 22. The number of hydrogen-bond donors (Lipinski definition) is 6. The lowest BCUT2D eigenvalue weighted by molar-refractivity contribution is -0.305. The summed E-state index contributed by atoms with van der Waals surface area (Å²) in [7, 11) is 0. The van der Waals surface area contributed by atoms with Crippen LogP contribution in [0.15, 0.2) is 122 Å². The third-order valence-electron chi connectivity index (χ3n) is 13.7. The number of amides is 1. The highest BCUT2D eigenvalue weighted by Gasteiger charge is 2.47. The highest BCUT2D eigenvalue weighted by Crippen LogP contribution is 2.26. The van der Waals surface area contributed by atoms with Gasteiger partial charge in [-0.1, -0.05) is 251 Å². The number of carbonyl (C=O) groups is 2. The number of hydrogen-bond acceptors (Lipinski definition) is 10. The number of rotatable bonds is 50. The molecule has 0 aromatic heterocycles. The fourth-order valence-electron chi connectivity index (χ4n) is 8.83. The van der Waals surface area contributed by atoms with Gasteiger partial charge < -0.3 is 45.1 Å². The second-order valence-corrected chi connectivity index (χ2v) is 20.8. The molecule has 8 atom stereocenters. The Morgan fingerprint density at radius 2 is 0.974 bits per heavy atom. The number of nitrogens with one attached hydrogen (secondary N) is 1. The predicted molar refractivity (Wildman–Crippen MR) is 324 cm³/mol. The zero-order valence-electron chi connectivity index (χ0n) is 49.0.